The van der Waals surface area contributed by atoms with Gasteiger partial charge in [-0.15, -0.1) is 10.2 Å². The molecule has 2 heterocycles. The van der Waals surface area contributed by atoms with E-state index in [2.05, 4.69) is 59.8 Å². The van der Waals surface area contributed by atoms with E-state index in [-0.39, 0.29) is 17.9 Å². The molecule has 4 rings (SSSR count). The summed E-state index contributed by atoms with van der Waals surface area (Å²) < 4.78 is 2.10. The molecular weight excluding hydrogens is 542 g/mol. The monoisotopic (exact) mass is 589 g/mol. The van der Waals surface area contributed by atoms with Crippen molar-refractivity contribution in [1.82, 2.24) is 24.6 Å². The van der Waals surface area contributed by atoms with E-state index in [0.29, 0.717) is 32.5 Å². The Hall–Kier alpha value is -3.13. The summed E-state index contributed by atoms with van der Waals surface area (Å²) in [6.07, 6.45) is 10.4. The van der Waals surface area contributed by atoms with Crippen LogP contribution in [0.4, 0.5) is 0 Å². The lowest BCUT2D eigenvalue weighted by Gasteiger charge is -2.40. The van der Waals surface area contributed by atoms with Crippen molar-refractivity contribution >= 4 is 23.6 Å². The molecule has 8 heteroatoms. The summed E-state index contributed by atoms with van der Waals surface area (Å²) >= 11 is 1.64. The number of thioether (sulfide) groups is 1. The fraction of sp³-hybridized carbons (Fsp3) is 0.529. The number of piperazine rings is 1. The molecule has 0 aliphatic carbocycles. The first kappa shape index (κ1) is 31.8. The Morgan fingerprint density at radius 3 is 2.24 bits per heavy atom. The zero-order valence-electron chi connectivity index (χ0n) is 25.6. The van der Waals surface area contributed by atoms with E-state index in [1.807, 2.05) is 40.1 Å². The summed E-state index contributed by atoms with van der Waals surface area (Å²) in [4.78, 5) is 29.8. The molecule has 0 radical (unpaired) electrons. The van der Waals surface area contributed by atoms with Gasteiger partial charge >= 0.3 is 0 Å². The van der Waals surface area contributed by atoms with Crippen LogP contribution in [0.1, 0.15) is 83.6 Å². The Labute approximate surface area is 256 Å². The van der Waals surface area contributed by atoms with Crippen molar-refractivity contribution in [2.75, 3.05) is 25.4 Å². The number of benzene rings is 2. The van der Waals surface area contributed by atoms with Crippen molar-refractivity contribution in [2.45, 2.75) is 96.2 Å². The molecule has 1 atom stereocenters. The van der Waals surface area contributed by atoms with Crippen LogP contribution in [0.3, 0.4) is 0 Å². The van der Waals surface area contributed by atoms with Crippen LogP contribution in [-0.2, 0) is 9.59 Å². The standard InChI is InChI=1S/C34H47N5O2S/c1-4-5-6-7-8-9-13-17-32(41)38-24-23-37(26-28(38)3)31(40)18-14-25-42-34-36-35-33(29-15-11-10-12-16-29)39(34)30-21-19-27(2)20-22-30/h10-12,15-16,19-22,28H,4-9,13-14,17-18,23-26H2,1-3H3. The Balaban J connectivity index is 1.23. The number of hydrogen-bond acceptors (Lipinski definition) is 5. The van der Waals surface area contributed by atoms with E-state index in [1.165, 1.54) is 37.7 Å². The second kappa shape index (κ2) is 16.5. The zero-order valence-corrected chi connectivity index (χ0v) is 26.5. The number of amides is 2. The molecule has 42 heavy (non-hydrogen) atoms. The molecule has 3 aromatic rings. The summed E-state index contributed by atoms with van der Waals surface area (Å²) in [6, 6.07) is 18.6. The number of rotatable bonds is 15. The fourth-order valence-corrected chi connectivity index (χ4v) is 6.43. The van der Waals surface area contributed by atoms with E-state index in [4.69, 9.17) is 0 Å². The van der Waals surface area contributed by atoms with Crippen LogP contribution in [0.5, 0.6) is 0 Å². The van der Waals surface area contributed by atoms with Gasteiger partial charge in [0, 0.05) is 55.5 Å². The molecule has 1 unspecified atom stereocenters. The maximum absolute atomic E-state index is 13.0. The van der Waals surface area contributed by atoms with Gasteiger partial charge in [-0.2, -0.15) is 0 Å². The van der Waals surface area contributed by atoms with E-state index >= 15 is 0 Å². The van der Waals surface area contributed by atoms with E-state index < -0.39 is 0 Å². The minimum Gasteiger partial charge on any atom is -0.339 e. The van der Waals surface area contributed by atoms with E-state index in [9.17, 15) is 9.59 Å². The number of nitrogens with zero attached hydrogens (tertiary/aromatic N) is 5. The normalized spacial score (nSPS) is 15.3. The van der Waals surface area contributed by atoms with Crippen LogP contribution < -0.4 is 0 Å². The smallest absolute Gasteiger partial charge is 0.222 e. The fourth-order valence-electron chi connectivity index (χ4n) is 5.54. The van der Waals surface area contributed by atoms with E-state index in [1.54, 1.807) is 11.8 Å². The highest BCUT2D eigenvalue weighted by atomic mass is 32.2. The highest BCUT2D eigenvalue weighted by Gasteiger charge is 2.29. The van der Waals surface area contributed by atoms with Crippen LogP contribution in [0.2, 0.25) is 0 Å². The lowest BCUT2D eigenvalue weighted by atomic mass is 10.1. The first-order valence-electron chi connectivity index (χ1n) is 15.8. The Bertz CT molecular complexity index is 1260. The molecule has 226 valence electrons. The van der Waals surface area contributed by atoms with Crippen LogP contribution in [0, 0.1) is 6.92 Å². The molecule has 0 spiro atoms. The van der Waals surface area contributed by atoms with Gasteiger partial charge < -0.3 is 9.80 Å². The van der Waals surface area contributed by atoms with E-state index in [0.717, 1.165) is 47.2 Å². The predicted molar refractivity (Wildman–Crippen MR) is 172 cm³/mol. The Morgan fingerprint density at radius 1 is 0.833 bits per heavy atom. The Morgan fingerprint density at radius 2 is 1.52 bits per heavy atom. The van der Waals surface area contributed by atoms with Gasteiger partial charge in [-0.3, -0.25) is 14.2 Å². The highest BCUT2D eigenvalue weighted by molar-refractivity contribution is 7.99. The molecule has 0 bridgehead atoms. The van der Waals surface area contributed by atoms with Crippen molar-refractivity contribution in [1.29, 1.82) is 0 Å². The number of unbranched alkanes of at least 4 members (excludes halogenated alkanes) is 6. The third-order valence-electron chi connectivity index (χ3n) is 8.02. The molecule has 7 nitrogen and oxygen atoms in total. The minimum absolute atomic E-state index is 0.0681. The summed E-state index contributed by atoms with van der Waals surface area (Å²) in [6.45, 7) is 8.27. The predicted octanol–water partition coefficient (Wildman–Crippen LogP) is 7.32. The largest absolute Gasteiger partial charge is 0.339 e. The van der Waals surface area contributed by atoms with Crippen LogP contribution >= 0.6 is 11.8 Å². The highest BCUT2D eigenvalue weighted by Crippen LogP contribution is 2.29. The molecule has 2 amide bonds. The molecular formula is C34H47N5O2S. The number of aromatic nitrogens is 3. The average Bonchev–Trinajstić information content (AvgIpc) is 3.43. The topological polar surface area (TPSA) is 71.3 Å². The van der Waals surface area contributed by atoms with Crippen molar-refractivity contribution in [3.05, 3.63) is 60.2 Å². The van der Waals surface area contributed by atoms with Gasteiger partial charge in [0.1, 0.15) is 0 Å². The molecule has 1 saturated heterocycles. The van der Waals surface area contributed by atoms with Gasteiger partial charge in [-0.25, -0.2) is 0 Å². The average molecular weight is 590 g/mol. The molecule has 0 N–H and O–H groups in total. The molecule has 2 aromatic carbocycles. The second-order valence-corrected chi connectivity index (χ2v) is 12.5. The van der Waals surface area contributed by atoms with Crippen molar-refractivity contribution in [3.63, 3.8) is 0 Å². The molecule has 1 aromatic heterocycles. The third-order valence-corrected chi connectivity index (χ3v) is 9.03. The Kier molecular flexibility index (Phi) is 12.5. The summed E-state index contributed by atoms with van der Waals surface area (Å²) in [5, 5.41) is 9.87. The lowest BCUT2D eigenvalue weighted by molar-refractivity contribution is -0.142. The van der Waals surface area contributed by atoms with Crippen LogP contribution in [-0.4, -0.2) is 67.8 Å². The van der Waals surface area contributed by atoms with Crippen molar-refractivity contribution in [2.24, 2.45) is 0 Å². The van der Waals surface area contributed by atoms with Gasteiger partial charge in [0.25, 0.3) is 0 Å². The van der Waals surface area contributed by atoms with Gasteiger partial charge in [0.05, 0.1) is 0 Å². The minimum atomic E-state index is 0.0681. The first-order valence-corrected chi connectivity index (χ1v) is 16.7. The van der Waals surface area contributed by atoms with Crippen molar-refractivity contribution < 1.29 is 9.59 Å². The van der Waals surface area contributed by atoms with Crippen molar-refractivity contribution in [3.8, 4) is 17.1 Å². The number of carbonyl (C=O) groups is 2. The second-order valence-electron chi connectivity index (χ2n) is 11.4. The quantitative estimate of drug-likeness (QED) is 0.137. The first-order chi connectivity index (χ1) is 20.5. The molecule has 0 saturated carbocycles. The van der Waals surface area contributed by atoms with Gasteiger partial charge in [0.15, 0.2) is 11.0 Å². The third kappa shape index (κ3) is 8.93. The van der Waals surface area contributed by atoms with Gasteiger partial charge in [0.2, 0.25) is 11.8 Å². The summed E-state index contributed by atoms with van der Waals surface area (Å²) in [7, 11) is 0. The van der Waals surface area contributed by atoms with Gasteiger partial charge in [-0.05, 0) is 38.8 Å². The molecule has 1 aliphatic rings. The zero-order chi connectivity index (χ0) is 29.7. The lowest BCUT2D eigenvalue weighted by Crippen LogP contribution is -2.55. The number of carbonyl (C=O) groups excluding carboxylic acids is 2. The molecule has 1 aliphatic heterocycles. The maximum Gasteiger partial charge on any atom is 0.222 e. The van der Waals surface area contributed by atoms with Gasteiger partial charge in [-0.1, -0.05) is 105 Å². The number of hydrogen-bond donors (Lipinski definition) is 0. The van der Waals surface area contributed by atoms with Crippen LogP contribution in [0.15, 0.2) is 59.8 Å². The number of aryl methyl sites for hydroxylation is 1. The summed E-state index contributed by atoms with van der Waals surface area (Å²) in [5.74, 6) is 2.00. The SMILES string of the molecule is CCCCCCCCCC(=O)N1CCN(C(=O)CCCSc2nnc(-c3ccccc3)n2-c2ccc(C)cc2)CC1C. The van der Waals surface area contributed by atoms with Crippen LogP contribution in [0.25, 0.3) is 17.1 Å². The maximum atomic E-state index is 13.0. The summed E-state index contributed by atoms with van der Waals surface area (Å²) in [5.41, 5.74) is 3.24. The molecule has 1 fully saturated rings.